The number of aromatic amines is 1. The Hall–Kier alpha value is -3.28. The molecule has 3 rings (SSSR count). The highest BCUT2D eigenvalue weighted by atomic mass is 16.5. The van der Waals surface area contributed by atoms with Gasteiger partial charge in [0.05, 0.1) is 18.4 Å². The van der Waals surface area contributed by atoms with E-state index < -0.39 is 18.0 Å². The normalized spacial score (nSPS) is 11.9. The molecule has 0 aliphatic rings. The maximum Gasteiger partial charge on any atom is 0.341 e. The molecule has 2 N–H and O–H groups in total. The van der Waals surface area contributed by atoms with E-state index in [9.17, 15) is 9.59 Å². The van der Waals surface area contributed by atoms with Crippen LogP contribution < -0.4 is 10.1 Å². The summed E-state index contributed by atoms with van der Waals surface area (Å²) in [5.74, 6) is -0.423. The summed E-state index contributed by atoms with van der Waals surface area (Å²) in [7, 11) is 1.53. The third-order valence-electron chi connectivity index (χ3n) is 4.36. The number of anilines is 1. The first-order chi connectivity index (χ1) is 12.9. The zero-order chi connectivity index (χ0) is 19.6. The van der Waals surface area contributed by atoms with Gasteiger partial charge in [-0.05, 0) is 44.5 Å². The first-order valence-electron chi connectivity index (χ1n) is 8.64. The monoisotopic (exact) mass is 366 g/mol. The van der Waals surface area contributed by atoms with Gasteiger partial charge in [-0.2, -0.15) is 0 Å². The van der Waals surface area contributed by atoms with E-state index in [1.54, 1.807) is 26.0 Å². The van der Waals surface area contributed by atoms with Crippen molar-refractivity contribution >= 4 is 28.5 Å². The van der Waals surface area contributed by atoms with Crippen molar-refractivity contribution in [2.45, 2.75) is 26.9 Å². The Bertz CT molecular complexity index is 1010. The summed E-state index contributed by atoms with van der Waals surface area (Å²) in [6.07, 6.45) is -0.962. The van der Waals surface area contributed by atoms with Gasteiger partial charge in [-0.15, -0.1) is 0 Å². The molecule has 0 fully saturated rings. The number of carbonyl (C=O) groups is 2. The van der Waals surface area contributed by atoms with Gasteiger partial charge in [0.25, 0.3) is 5.91 Å². The number of para-hydroxylation sites is 1. The number of amides is 1. The largest absolute Gasteiger partial charge is 0.495 e. The highest BCUT2D eigenvalue weighted by molar-refractivity contribution is 6.06. The molecule has 0 saturated carbocycles. The smallest absolute Gasteiger partial charge is 0.341 e. The van der Waals surface area contributed by atoms with Crippen LogP contribution in [0.15, 0.2) is 42.5 Å². The Morgan fingerprint density at radius 3 is 2.59 bits per heavy atom. The Kier molecular flexibility index (Phi) is 5.16. The summed E-state index contributed by atoms with van der Waals surface area (Å²) in [6.45, 7) is 5.26. The number of esters is 1. The van der Waals surface area contributed by atoms with Gasteiger partial charge >= 0.3 is 5.97 Å². The first kappa shape index (κ1) is 18.5. The average Bonchev–Trinajstić information content (AvgIpc) is 2.97. The second kappa shape index (κ2) is 7.53. The highest BCUT2D eigenvalue weighted by Gasteiger charge is 2.23. The van der Waals surface area contributed by atoms with Crippen molar-refractivity contribution < 1.29 is 19.1 Å². The van der Waals surface area contributed by atoms with E-state index in [1.165, 1.54) is 7.11 Å². The molecule has 1 aromatic heterocycles. The maximum atomic E-state index is 12.6. The molecular formula is C21H22N2O4. The van der Waals surface area contributed by atoms with Crippen LogP contribution in [-0.4, -0.2) is 30.1 Å². The molecule has 0 aliphatic carbocycles. The Balaban J connectivity index is 1.75. The number of aryl methyl sites for hydroxylation is 2. The second-order valence-electron chi connectivity index (χ2n) is 6.41. The van der Waals surface area contributed by atoms with Crippen molar-refractivity contribution in [2.24, 2.45) is 0 Å². The van der Waals surface area contributed by atoms with Crippen LogP contribution in [0.25, 0.3) is 10.9 Å². The molecule has 0 aliphatic heterocycles. The van der Waals surface area contributed by atoms with Gasteiger partial charge in [0.2, 0.25) is 0 Å². The fraction of sp³-hybridized carbons (Fsp3) is 0.238. The van der Waals surface area contributed by atoms with Gasteiger partial charge in [-0.25, -0.2) is 4.79 Å². The molecule has 0 radical (unpaired) electrons. The third-order valence-corrected chi connectivity index (χ3v) is 4.36. The van der Waals surface area contributed by atoms with Crippen molar-refractivity contribution in [3.63, 3.8) is 0 Å². The minimum atomic E-state index is -0.962. The van der Waals surface area contributed by atoms with Crippen LogP contribution in [0.4, 0.5) is 5.69 Å². The first-order valence-corrected chi connectivity index (χ1v) is 8.64. The molecule has 0 bridgehead atoms. The van der Waals surface area contributed by atoms with E-state index in [0.29, 0.717) is 22.7 Å². The van der Waals surface area contributed by atoms with Crippen molar-refractivity contribution in [1.29, 1.82) is 0 Å². The predicted octanol–water partition coefficient (Wildman–Crippen LogP) is 3.98. The molecule has 3 aromatic rings. The lowest BCUT2D eigenvalue weighted by Crippen LogP contribution is -2.30. The number of H-pyrrole nitrogens is 1. The minimum Gasteiger partial charge on any atom is -0.495 e. The Labute approximate surface area is 157 Å². The lowest BCUT2D eigenvalue weighted by molar-refractivity contribution is -0.123. The van der Waals surface area contributed by atoms with Gasteiger partial charge < -0.3 is 19.8 Å². The lowest BCUT2D eigenvalue weighted by atomic mass is 10.1. The number of aromatic nitrogens is 1. The van der Waals surface area contributed by atoms with Crippen LogP contribution in [0.3, 0.4) is 0 Å². The highest BCUT2D eigenvalue weighted by Crippen LogP contribution is 2.26. The molecular weight excluding hydrogens is 344 g/mol. The van der Waals surface area contributed by atoms with Crippen molar-refractivity contribution in [2.75, 3.05) is 12.4 Å². The molecule has 0 saturated heterocycles. The molecule has 0 spiro atoms. The molecule has 1 amide bonds. The SMILES string of the molecule is COc1ccc(C)cc1NC(=O)C(C)OC(=O)c1c(C)[nH]c2ccccc12. The number of hydrogen-bond donors (Lipinski definition) is 2. The van der Waals surface area contributed by atoms with Crippen LogP contribution in [0, 0.1) is 13.8 Å². The molecule has 2 aromatic carbocycles. The van der Waals surface area contributed by atoms with Crippen molar-refractivity contribution in [1.82, 2.24) is 4.98 Å². The number of methoxy groups -OCH3 is 1. The molecule has 27 heavy (non-hydrogen) atoms. The van der Waals surface area contributed by atoms with Gasteiger partial charge in [0, 0.05) is 16.6 Å². The molecule has 1 unspecified atom stereocenters. The zero-order valence-corrected chi connectivity index (χ0v) is 15.8. The van der Waals surface area contributed by atoms with Crippen LogP contribution >= 0.6 is 0 Å². The van der Waals surface area contributed by atoms with Crippen LogP contribution in [0.5, 0.6) is 5.75 Å². The Morgan fingerprint density at radius 1 is 1.11 bits per heavy atom. The van der Waals surface area contributed by atoms with E-state index in [4.69, 9.17) is 9.47 Å². The standard InChI is InChI=1S/C21H22N2O4/c1-12-9-10-18(26-4)17(11-12)23-20(24)14(3)27-21(25)19-13(2)22-16-8-6-5-7-15(16)19/h5-11,14,22H,1-4H3,(H,23,24). The molecule has 1 atom stereocenters. The summed E-state index contributed by atoms with van der Waals surface area (Å²) in [6, 6.07) is 12.9. The minimum absolute atomic E-state index is 0.426. The van der Waals surface area contributed by atoms with Crippen LogP contribution in [0.1, 0.15) is 28.5 Å². The number of ether oxygens (including phenoxy) is 2. The Morgan fingerprint density at radius 2 is 1.85 bits per heavy atom. The van der Waals surface area contributed by atoms with Gasteiger partial charge in [-0.1, -0.05) is 24.3 Å². The van der Waals surface area contributed by atoms with Gasteiger partial charge in [0.15, 0.2) is 6.10 Å². The summed E-state index contributed by atoms with van der Waals surface area (Å²) < 4.78 is 10.7. The second-order valence-corrected chi connectivity index (χ2v) is 6.41. The van der Waals surface area contributed by atoms with E-state index in [-0.39, 0.29) is 0 Å². The number of benzene rings is 2. The topological polar surface area (TPSA) is 80.4 Å². The van der Waals surface area contributed by atoms with E-state index in [2.05, 4.69) is 10.3 Å². The average molecular weight is 366 g/mol. The fourth-order valence-corrected chi connectivity index (χ4v) is 2.97. The van der Waals surface area contributed by atoms with Crippen LogP contribution in [0.2, 0.25) is 0 Å². The zero-order valence-electron chi connectivity index (χ0n) is 15.8. The van der Waals surface area contributed by atoms with Crippen molar-refractivity contribution in [3.05, 3.63) is 59.3 Å². The quantitative estimate of drug-likeness (QED) is 0.670. The lowest BCUT2D eigenvalue weighted by Gasteiger charge is -2.15. The van der Waals surface area contributed by atoms with Crippen molar-refractivity contribution in [3.8, 4) is 5.75 Å². The molecule has 1 heterocycles. The number of fused-ring (bicyclic) bond motifs is 1. The molecule has 140 valence electrons. The summed E-state index contributed by atoms with van der Waals surface area (Å²) in [5.41, 5.74) is 3.51. The fourth-order valence-electron chi connectivity index (χ4n) is 2.97. The van der Waals surface area contributed by atoms with E-state index >= 15 is 0 Å². The number of hydrogen-bond acceptors (Lipinski definition) is 4. The number of nitrogens with one attached hydrogen (secondary N) is 2. The molecule has 6 nitrogen and oxygen atoms in total. The number of carbonyl (C=O) groups excluding carboxylic acids is 2. The number of rotatable bonds is 5. The summed E-state index contributed by atoms with van der Waals surface area (Å²) in [4.78, 5) is 28.3. The van der Waals surface area contributed by atoms with Crippen LogP contribution in [-0.2, 0) is 9.53 Å². The summed E-state index contributed by atoms with van der Waals surface area (Å²) in [5, 5.41) is 3.53. The molecule has 6 heteroatoms. The maximum absolute atomic E-state index is 12.6. The van der Waals surface area contributed by atoms with E-state index in [0.717, 1.165) is 16.5 Å². The van der Waals surface area contributed by atoms with E-state index in [1.807, 2.05) is 37.3 Å². The third kappa shape index (κ3) is 3.79. The van der Waals surface area contributed by atoms with Gasteiger partial charge in [0.1, 0.15) is 5.75 Å². The predicted molar refractivity (Wildman–Crippen MR) is 104 cm³/mol. The van der Waals surface area contributed by atoms with Gasteiger partial charge in [-0.3, -0.25) is 4.79 Å². The summed E-state index contributed by atoms with van der Waals surface area (Å²) >= 11 is 0.